The van der Waals surface area contributed by atoms with Crippen LogP contribution < -0.4 is 0 Å². The average Bonchev–Trinajstić information content (AvgIpc) is 3.39. The maximum atomic E-state index is 6.51. The SMILES string of the molecule is c1ccc(-c2nc(-c3cc4oc5cccc6c7c8ccccc8ccc7c(c3)c4c56)nc3ccccc23)cc1. The Morgan fingerprint density at radius 3 is 2.13 bits per heavy atom. The van der Waals surface area contributed by atoms with Gasteiger partial charge in [-0.15, -0.1) is 0 Å². The predicted molar refractivity (Wildman–Crippen MR) is 161 cm³/mol. The molecule has 0 aliphatic heterocycles. The first-order valence-electron chi connectivity index (χ1n) is 13.2. The lowest BCUT2D eigenvalue weighted by Crippen LogP contribution is -1.95. The Kier molecular flexibility index (Phi) is 4.05. The van der Waals surface area contributed by atoms with Gasteiger partial charge in [-0.2, -0.15) is 0 Å². The normalized spacial score (nSPS) is 12.1. The Hall–Kier alpha value is -5.28. The summed E-state index contributed by atoms with van der Waals surface area (Å²) in [5, 5.41) is 10.7. The molecule has 2 aromatic heterocycles. The molecule has 0 bridgehead atoms. The van der Waals surface area contributed by atoms with Crippen LogP contribution in [0.3, 0.4) is 0 Å². The van der Waals surface area contributed by atoms with Crippen molar-refractivity contribution in [3.05, 3.63) is 121 Å². The lowest BCUT2D eigenvalue weighted by molar-refractivity contribution is 0.669. The van der Waals surface area contributed by atoms with Crippen LogP contribution >= 0.6 is 0 Å². The summed E-state index contributed by atoms with van der Waals surface area (Å²) in [5.41, 5.74) is 5.65. The molecular weight excluding hydrogens is 476 g/mol. The van der Waals surface area contributed by atoms with Gasteiger partial charge in [0, 0.05) is 27.3 Å². The van der Waals surface area contributed by atoms with E-state index in [1.807, 2.05) is 18.2 Å². The fraction of sp³-hybridized carbons (Fsp3) is 0. The molecule has 0 saturated carbocycles. The lowest BCUT2D eigenvalue weighted by atomic mass is 9.90. The number of rotatable bonds is 2. The molecular formula is C36H20N2O. The van der Waals surface area contributed by atoms with Crippen LogP contribution in [-0.4, -0.2) is 9.97 Å². The molecule has 9 rings (SSSR count). The molecule has 3 nitrogen and oxygen atoms in total. The highest BCUT2D eigenvalue weighted by atomic mass is 16.3. The first-order chi connectivity index (χ1) is 19.3. The average molecular weight is 497 g/mol. The molecule has 39 heavy (non-hydrogen) atoms. The Labute approximate surface area is 223 Å². The Morgan fingerprint density at radius 1 is 0.436 bits per heavy atom. The van der Waals surface area contributed by atoms with Gasteiger partial charge in [0.1, 0.15) is 11.2 Å². The fourth-order valence-corrected chi connectivity index (χ4v) is 6.30. The van der Waals surface area contributed by atoms with Crippen molar-refractivity contribution in [1.82, 2.24) is 9.97 Å². The zero-order chi connectivity index (χ0) is 25.5. The first kappa shape index (κ1) is 20.7. The van der Waals surface area contributed by atoms with Crippen molar-refractivity contribution in [2.75, 3.05) is 0 Å². The van der Waals surface area contributed by atoms with E-state index in [2.05, 4.69) is 103 Å². The molecule has 0 amide bonds. The topological polar surface area (TPSA) is 38.9 Å². The summed E-state index contributed by atoms with van der Waals surface area (Å²) < 4.78 is 6.51. The second-order valence-corrected chi connectivity index (χ2v) is 10.2. The van der Waals surface area contributed by atoms with Crippen LogP contribution in [0.1, 0.15) is 0 Å². The molecule has 0 unspecified atom stereocenters. The molecule has 0 fully saturated rings. The van der Waals surface area contributed by atoms with Crippen molar-refractivity contribution < 1.29 is 4.42 Å². The standard InChI is InChI=1S/C36H20N2O/c1-2-10-22(11-3-1)35-26-13-6-7-15-29(26)37-36(38-35)23-19-28-25-18-17-21-9-4-5-12-24(21)32(25)27-14-8-16-30-33(27)34(28)31(20-23)39-30/h1-20H. The Balaban J connectivity index is 1.43. The molecule has 180 valence electrons. The molecule has 7 aromatic carbocycles. The van der Waals surface area contributed by atoms with Gasteiger partial charge in [-0.25, -0.2) is 9.97 Å². The van der Waals surface area contributed by atoms with Gasteiger partial charge in [0.2, 0.25) is 0 Å². The molecule has 0 radical (unpaired) electrons. The van der Waals surface area contributed by atoms with Crippen molar-refractivity contribution in [2.24, 2.45) is 0 Å². The second-order valence-electron chi connectivity index (χ2n) is 10.2. The van der Waals surface area contributed by atoms with E-state index in [1.165, 1.54) is 37.7 Å². The van der Waals surface area contributed by atoms with Crippen LogP contribution in [0.5, 0.6) is 0 Å². The predicted octanol–water partition coefficient (Wildman–Crippen LogP) is 9.76. The van der Waals surface area contributed by atoms with E-state index in [-0.39, 0.29) is 0 Å². The van der Waals surface area contributed by atoms with E-state index in [0.717, 1.165) is 44.3 Å². The summed E-state index contributed by atoms with van der Waals surface area (Å²) in [6.45, 7) is 0. The van der Waals surface area contributed by atoms with Crippen LogP contribution in [0, 0.1) is 0 Å². The van der Waals surface area contributed by atoms with Crippen LogP contribution in [0.25, 0.3) is 87.8 Å². The van der Waals surface area contributed by atoms with Gasteiger partial charge in [-0.3, -0.25) is 0 Å². The van der Waals surface area contributed by atoms with E-state index in [4.69, 9.17) is 14.4 Å². The molecule has 0 aliphatic carbocycles. The third kappa shape index (κ3) is 2.87. The summed E-state index contributed by atoms with van der Waals surface area (Å²) in [6, 6.07) is 42.4. The van der Waals surface area contributed by atoms with E-state index < -0.39 is 0 Å². The molecule has 9 aromatic rings. The largest absolute Gasteiger partial charge is 0.456 e. The smallest absolute Gasteiger partial charge is 0.160 e. The van der Waals surface area contributed by atoms with Crippen LogP contribution in [0.15, 0.2) is 126 Å². The van der Waals surface area contributed by atoms with Crippen LogP contribution in [-0.2, 0) is 0 Å². The quantitative estimate of drug-likeness (QED) is 0.224. The van der Waals surface area contributed by atoms with Crippen molar-refractivity contribution in [3.8, 4) is 22.6 Å². The van der Waals surface area contributed by atoms with Gasteiger partial charge in [-0.05, 0) is 56.6 Å². The minimum atomic E-state index is 0.694. The molecule has 0 atom stereocenters. The number of hydrogen-bond acceptors (Lipinski definition) is 3. The Morgan fingerprint density at radius 2 is 1.21 bits per heavy atom. The lowest BCUT2D eigenvalue weighted by Gasteiger charge is -2.13. The number of nitrogens with zero attached hydrogens (tertiary/aromatic N) is 2. The first-order valence-corrected chi connectivity index (χ1v) is 13.2. The van der Waals surface area contributed by atoms with Gasteiger partial charge >= 0.3 is 0 Å². The monoisotopic (exact) mass is 496 g/mol. The molecule has 0 N–H and O–H groups in total. The summed E-state index contributed by atoms with van der Waals surface area (Å²) >= 11 is 0. The van der Waals surface area contributed by atoms with Crippen molar-refractivity contribution in [1.29, 1.82) is 0 Å². The number of benzene rings is 7. The Bertz CT molecular complexity index is 2390. The van der Waals surface area contributed by atoms with E-state index in [1.54, 1.807) is 0 Å². The zero-order valence-electron chi connectivity index (χ0n) is 20.8. The third-order valence-electron chi connectivity index (χ3n) is 8.00. The summed E-state index contributed by atoms with van der Waals surface area (Å²) in [4.78, 5) is 10.2. The second kappa shape index (κ2) is 7.62. The van der Waals surface area contributed by atoms with Crippen molar-refractivity contribution in [2.45, 2.75) is 0 Å². The van der Waals surface area contributed by atoms with E-state index in [0.29, 0.717) is 5.82 Å². The van der Waals surface area contributed by atoms with Gasteiger partial charge in [0.25, 0.3) is 0 Å². The van der Waals surface area contributed by atoms with E-state index in [9.17, 15) is 0 Å². The van der Waals surface area contributed by atoms with Gasteiger partial charge in [-0.1, -0.05) is 97.1 Å². The van der Waals surface area contributed by atoms with Crippen LogP contribution in [0.2, 0.25) is 0 Å². The zero-order valence-corrected chi connectivity index (χ0v) is 20.8. The molecule has 2 heterocycles. The minimum absolute atomic E-state index is 0.694. The molecule has 0 aliphatic rings. The van der Waals surface area contributed by atoms with Gasteiger partial charge < -0.3 is 4.42 Å². The third-order valence-corrected chi connectivity index (χ3v) is 8.00. The maximum absolute atomic E-state index is 6.51. The highest BCUT2D eigenvalue weighted by Crippen LogP contribution is 2.46. The number of furan rings is 1. The van der Waals surface area contributed by atoms with Gasteiger partial charge in [0.15, 0.2) is 5.82 Å². The number of aromatic nitrogens is 2. The summed E-state index contributed by atoms with van der Waals surface area (Å²) in [7, 11) is 0. The maximum Gasteiger partial charge on any atom is 0.160 e. The van der Waals surface area contributed by atoms with E-state index >= 15 is 0 Å². The molecule has 3 heteroatoms. The molecule has 0 spiro atoms. The minimum Gasteiger partial charge on any atom is -0.456 e. The van der Waals surface area contributed by atoms with Crippen LogP contribution in [0.4, 0.5) is 0 Å². The number of para-hydroxylation sites is 1. The summed E-state index contributed by atoms with van der Waals surface area (Å²) in [6.07, 6.45) is 0. The van der Waals surface area contributed by atoms with Gasteiger partial charge in [0.05, 0.1) is 11.2 Å². The fourth-order valence-electron chi connectivity index (χ4n) is 6.30. The van der Waals surface area contributed by atoms with Crippen molar-refractivity contribution >= 4 is 65.2 Å². The highest BCUT2D eigenvalue weighted by molar-refractivity contribution is 6.37. The summed E-state index contributed by atoms with van der Waals surface area (Å²) in [5.74, 6) is 0.694. The highest BCUT2D eigenvalue weighted by Gasteiger charge is 2.21. The van der Waals surface area contributed by atoms with Crippen molar-refractivity contribution in [3.63, 3.8) is 0 Å². The number of hydrogen-bond donors (Lipinski definition) is 0. The number of fused-ring (bicyclic) bond motifs is 6. The molecule has 0 saturated heterocycles.